The van der Waals surface area contributed by atoms with E-state index >= 15 is 0 Å². The van der Waals surface area contributed by atoms with Gasteiger partial charge in [0.05, 0.1) is 5.69 Å². The summed E-state index contributed by atoms with van der Waals surface area (Å²) < 4.78 is 0. The van der Waals surface area contributed by atoms with E-state index in [0.29, 0.717) is 11.8 Å². The van der Waals surface area contributed by atoms with Gasteiger partial charge in [0.2, 0.25) is 0 Å². The van der Waals surface area contributed by atoms with Crippen LogP contribution in [0, 0.1) is 19.8 Å². The van der Waals surface area contributed by atoms with Crippen molar-refractivity contribution < 1.29 is 0 Å². The third kappa shape index (κ3) is 3.76. The maximum Gasteiger partial charge on any atom is 0.0780 e. The average Bonchev–Trinajstić information content (AvgIpc) is 2.53. The zero-order valence-electron chi connectivity index (χ0n) is 16.4. The van der Waals surface area contributed by atoms with Crippen LogP contribution >= 0.6 is 0 Å². The van der Waals surface area contributed by atoms with Gasteiger partial charge in [0.15, 0.2) is 0 Å². The van der Waals surface area contributed by atoms with E-state index in [4.69, 9.17) is 4.98 Å². The van der Waals surface area contributed by atoms with E-state index in [1.165, 1.54) is 38.6 Å². The van der Waals surface area contributed by atoms with Gasteiger partial charge < -0.3 is 0 Å². The number of rotatable bonds is 4. The molecular weight excluding hydrogens is 302 g/mol. The first kappa shape index (κ1) is 17.7. The molecule has 3 aromatic rings. The molecule has 1 heteroatoms. The molecule has 0 bridgehead atoms. The SMILES string of the molecule is Cc1cc(C)cc(-c2ncc(CC(C)C)c3cc(C(C)C)ccc23)c1. The lowest BCUT2D eigenvalue weighted by molar-refractivity contribution is 0.649. The Labute approximate surface area is 152 Å². The van der Waals surface area contributed by atoms with E-state index in [0.717, 1.165) is 12.1 Å². The first-order valence-electron chi connectivity index (χ1n) is 9.35. The van der Waals surface area contributed by atoms with Crippen molar-refractivity contribution in [2.75, 3.05) is 0 Å². The highest BCUT2D eigenvalue weighted by atomic mass is 14.7. The maximum absolute atomic E-state index is 4.89. The van der Waals surface area contributed by atoms with Crippen molar-refractivity contribution in [1.82, 2.24) is 4.98 Å². The van der Waals surface area contributed by atoms with Crippen molar-refractivity contribution in [3.63, 3.8) is 0 Å². The summed E-state index contributed by atoms with van der Waals surface area (Å²) in [6, 6.07) is 13.6. The third-order valence-corrected chi connectivity index (χ3v) is 4.78. The molecule has 1 heterocycles. The van der Waals surface area contributed by atoms with E-state index < -0.39 is 0 Å². The lowest BCUT2D eigenvalue weighted by atomic mass is 9.92. The molecule has 0 aliphatic heterocycles. The second-order valence-electron chi connectivity index (χ2n) is 8.07. The number of hydrogen-bond donors (Lipinski definition) is 0. The summed E-state index contributed by atoms with van der Waals surface area (Å²) >= 11 is 0. The molecule has 0 atom stereocenters. The fourth-order valence-electron chi connectivity index (χ4n) is 3.62. The Bertz CT molecular complexity index is 883. The highest BCUT2D eigenvalue weighted by Crippen LogP contribution is 2.33. The van der Waals surface area contributed by atoms with Gasteiger partial charge in [-0.3, -0.25) is 4.98 Å². The Hall–Kier alpha value is -2.15. The van der Waals surface area contributed by atoms with Gasteiger partial charge in [0.1, 0.15) is 0 Å². The lowest BCUT2D eigenvalue weighted by Gasteiger charge is -2.15. The van der Waals surface area contributed by atoms with E-state index in [9.17, 15) is 0 Å². The lowest BCUT2D eigenvalue weighted by Crippen LogP contribution is -1.99. The Morgan fingerprint density at radius 1 is 0.840 bits per heavy atom. The minimum atomic E-state index is 0.536. The highest BCUT2D eigenvalue weighted by molar-refractivity contribution is 5.97. The molecule has 0 aliphatic rings. The summed E-state index contributed by atoms with van der Waals surface area (Å²) in [5, 5.41) is 2.64. The zero-order chi connectivity index (χ0) is 18.1. The van der Waals surface area contributed by atoms with Crippen LogP contribution in [-0.4, -0.2) is 4.98 Å². The van der Waals surface area contributed by atoms with Crippen LogP contribution in [0.25, 0.3) is 22.0 Å². The number of benzene rings is 2. The molecule has 0 unspecified atom stereocenters. The van der Waals surface area contributed by atoms with Gasteiger partial charge in [-0.25, -0.2) is 0 Å². The van der Waals surface area contributed by atoms with Crippen molar-refractivity contribution in [3.8, 4) is 11.3 Å². The molecule has 0 radical (unpaired) electrons. The summed E-state index contributed by atoms with van der Waals surface area (Å²) in [6.07, 6.45) is 3.16. The van der Waals surface area contributed by atoms with Gasteiger partial charge in [-0.05, 0) is 60.7 Å². The highest BCUT2D eigenvalue weighted by Gasteiger charge is 2.13. The molecule has 2 aromatic carbocycles. The fourth-order valence-corrected chi connectivity index (χ4v) is 3.62. The molecule has 0 N–H and O–H groups in total. The van der Waals surface area contributed by atoms with Crippen molar-refractivity contribution in [1.29, 1.82) is 0 Å². The molecule has 0 saturated carbocycles. The molecule has 1 aromatic heterocycles. The topological polar surface area (TPSA) is 12.9 Å². The van der Waals surface area contributed by atoms with Crippen LogP contribution in [0.4, 0.5) is 0 Å². The minimum Gasteiger partial charge on any atom is -0.255 e. The number of pyridine rings is 1. The van der Waals surface area contributed by atoms with Crippen LogP contribution < -0.4 is 0 Å². The van der Waals surface area contributed by atoms with Crippen LogP contribution in [0.3, 0.4) is 0 Å². The number of aryl methyl sites for hydroxylation is 2. The Balaban J connectivity index is 2.27. The van der Waals surface area contributed by atoms with E-state index in [-0.39, 0.29) is 0 Å². The average molecular weight is 332 g/mol. The second-order valence-corrected chi connectivity index (χ2v) is 8.07. The number of fused-ring (bicyclic) bond motifs is 1. The normalized spacial score (nSPS) is 11.7. The van der Waals surface area contributed by atoms with Gasteiger partial charge >= 0.3 is 0 Å². The summed E-state index contributed by atoms with van der Waals surface area (Å²) in [5.74, 6) is 1.16. The minimum absolute atomic E-state index is 0.536. The van der Waals surface area contributed by atoms with E-state index in [2.05, 4.69) is 84.1 Å². The Morgan fingerprint density at radius 2 is 1.52 bits per heavy atom. The van der Waals surface area contributed by atoms with Gasteiger partial charge in [-0.1, -0.05) is 63.1 Å². The van der Waals surface area contributed by atoms with Gasteiger partial charge in [0, 0.05) is 17.1 Å². The largest absolute Gasteiger partial charge is 0.255 e. The number of hydrogen-bond acceptors (Lipinski definition) is 1. The quantitative estimate of drug-likeness (QED) is 0.510. The first-order chi connectivity index (χ1) is 11.8. The second kappa shape index (κ2) is 7.00. The molecule has 0 fully saturated rings. The van der Waals surface area contributed by atoms with Crippen molar-refractivity contribution in [2.45, 2.75) is 53.9 Å². The summed E-state index contributed by atoms with van der Waals surface area (Å²) in [7, 11) is 0. The van der Waals surface area contributed by atoms with E-state index in [1.54, 1.807) is 0 Å². The molecule has 0 amide bonds. The van der Waals surface area contributed by atoms with Crippen molar-refractivity contribution in [2.24, 2.45) is 5.92 Å². The molecule has 0 aliphatic carbocycles. The van der Waals surface area contributed by atoms with Crippen molar-refractivity contribution in [3.05, 3.63) is 64.8 Å². The molecule has 1 nitrogen and oxygen atoms in total. The fraction of sp³-hybridized carbons (Fsp3) is 0.375. The van der Waals surface area contributed by atoms with Crippen LogP contribution in [0.2, 0.25) is 0 Å². The molecule has 3 rings (SSSR count). The monoisotopic (exact) mass is 331 g/mol. The summed E-state index contributed by atoms with van der Waals surface area (Å²) in [4.78, 5) is 4.89. The van der Waals surface area contributed by atoms with Crippen LogP contribution in [0.1, 0.15) is 55.9 Å². The standard InChI is InChI=1S/C24H29N/c1-15(2)9-21-14-25-24(20-11-17(5)10-18(6)12-20)22-8-7-19(16(3)4)13-23(21)22/h7-8,10-16H,9H2,1-6H3. The molecule has 130 valence electrons. The number of aromatic nitrogens is 1. The van der Waals surface area contributed by atoms with Crippen molar-refractivity contribution >= 4 is 10.8 Å². The molecule has 0 saturated heterocycles. The van der Waals surface area contributed by atoms with Crippen LogP contribution in [-0.2, 0) is 6.42 Å². The smallest absolute Gasteiger partial charge is 0.0780 e. The molecular formula is C24H29N. The number of nitrogens with zero attached hydrogens (tertiary/aromatic N) is 1. The first-order valence-corrected chi connectivity index (χ1v) is 9.35. The van der Waals surface area contributed by atoms with Gasteiger partial charge in [-0.2, -0.15) is 0 Å². The summed E-state index contributed by atoms with van der Waals surface area (Å²) in [5.41, 5.74) is 7.65. The molecule has 0 spiro atoms. The third-order valence-electron chi connectivity index (χ3n) is 4.78. The van der Waals surface area contributed by atoms with E-state index in [1.807, 2.05) is 0 Å². The van der Waals surface area contributed by atoms with Gasteiger partial charge in [0.25, 0.3) is 0 Å². The summed E-state index contributed by atoms with van der Waals surface area (Å²) in [6.45, 7) is 13.4. The molecule has 25 heavy (non-hydrogen) atoms. The maximum atomic E-state index is 4.89. The predicted molar refractivity (Wildman–Crippen MR) is 109 cm³/mol. The predicted octanol–water partition coefficient (Wildman–Crippen LogP) is 6.84. The van der Waals surface area contributed by atoms with Gasteiger partial charge in [-0.15, -0.1) is 0 Å². The van der Waals surface area contributed by atoms with Crippen LogP contribution in [0.5, 0.6) is 0 Å². The Kier molecular flexibility index (Phi) is 4.94. The Morgan fingerprint density at radius 3 is 2.12 bits per heavy atom. The van der Waals surface area contributed by atoms with Crippen LogP contribution in [0.15, 0.2) is 42.6 Å². The zero-order valence-corrected chi connectivity index (χ0v) is 16.4.